The van der Waals surface area contributed by atoms with E-state index in [0.717, 1.165) is 25.1 Å². The van der Waals surface area contributed by atoms with Crippen molar-refractivity contribution in [3.05, 3.63) is 34.9 Å². The topological polar surface area (TPSA) is 12.0 Å². The number of benzene rings is 1. The minimum absolute atomic E-state index is 0.338. The second-order valence-corrected chi connectivity index (χ2v) is 4.02. The summed E-state index contributed by atoms with van der Waals surface area (Å²) in [4.78, 5) is 0. The molecule has 1 aromatic carbocycles. The van der Waals surface area contributed by atoms with Gasteiger partial charge in [0.05, 0.1) is 0 Å². The summed E-state index contributed by atoms with van der Waals surface area (Å²) in [7, 11) is 0. The Balaban J connectivity index is 2.35. The maximum absolute atomic E-state index is 13.3. The highest BCUT2D eigenvalue weighted by Gasteiger charge is 2.19. The lowest BCUT2D eigenvalue weighted by Gasteiger charge is -2.11. The molecule has 15 heavy (non-hydrogen) atoms. The number of hydrogen-bond acceptors (Lipinski definition) is 1. The van der Waals surface area contributed by atoms with Crippen molar-refractivity contribution in [3.8, 4) is 0 Å². The highest BCUT2D eigenvalue weighted by Crippen LogP contribution is 2.26. The minimum Gasteiger partial charge on any atom is -0.316 e. The fraction of sp³-hybridized carbons (Fsp3) is 0.500. The molecule has 1 aliphatic heterocycles. The zero-order chi connectivity index (χ0) is 10.8. The lowest BCUT2D eigenvalue weighted by Crippen LogP contribution is -2.09. The molecule has 1 unspecified atom stereocenters. The highest BCUT2D eigenvalue weighted by molar-refractivity contribution is 5.29. The average molecular weight is 211 g/mol. The Labute approximate surface area is 88.5 Å². The molecule has 0 saturated carbocycles. The second kappa shape index (κ2) is 4.27. The lowest BCUT2D eigenvalue weighted by atomic mass is 9.95. The van der Waals surface area contributed by atoms with Gasteiger partial charge in [0.15, 0.2) is 11.6 Å². The van der Waals surface area contributed by atoms with Gasteiger partial charge in [-0.1, -0.05) is 13.0 Å². The number of halogens is 2. The van der Waals surface area contributed by atoms with E-state index in [0.29, 0.717) is 17.9 Å². The molecular weight excluding hydrogens is 196 g/mol. The molecular formula is C12H15F2N. The first-order chi connectivity index (χ1) is 7.22. The molecule has 82 valence electrons. The molecule has 1 heterocycles. The summed E-state index contributed by atoms with van der Waals surface area (Å²) in [6.07, 6.45) is 1.55. The smallest absolute Gasteiger partial charge is 0.162 e. The summed E-state index contributed by atoms with van der Waals surface area (Å²) in [5.74, 6) is -1.06. The van der Waals surface area contributed by atoms with Gasteiger partial charge >= 0.3 is 0 Å². The zero-order valence-electron chi connectivity index (χ0n) is 8.82. The van der Waals surface area contributed by atoms with Crippen molar-refractivity contribution in [2.75, 3.05) is 13.1 Å². The predicted molar refractivity (Wildman–Crippen MR) is 56.0 cm³/mol. The largest absolute Gasteiger partial charge is 0.316 e. The summed E-state index contributed by atoms with van der Waals surface area (Å²) in [5.41, 5.74) is 1.41. The molecule has 0 aliphatic carbocycles. The van der Waals surface area contributed by atoms with Crippen LogP contribution in [0.4, 0.5) is 8.78 Å². The van der Waals surface area contributed by atoms with Crippen molar-refractivity contribution in [2.45, 2.75) is 25.7 Å². The second-order valence-electron chi connectivity index (χ2n) is 4.02. The Morgan fingerprint density at radius 1 is 1.40 bits per heavy atom. The molecule has 1 aliphatic rings. The summed E-state index contributed by atoms with van der Waals surface area (Å²) in [6.45, 7) is 3.67. The predicted octanol–water partition coefficient (Wildman–Crippen LogP) is 2.60. The monoisotopic (exact) mass is 211 g/mol. The zero-order valence-corrected chi connectivity index (χ0v) is 8.82. The fourth-order valence-corrected chi connectivity index (χ4v) is 2.10. The van der Waals surface area contributed by atoms with Crippen LogP contribution in [0.1, 0.15) is 30.4 Å². The van der Waals surface area contributed by atoms with Gasteiger partial charge in [-0.2, -0.15) is 0 Å². The van der Waals surface area contributed by atoms with E-state index in [2.05, 4.69) is 5.32 Å². The Kier molecular flexibility index (Phi) is 3.00. The third-order valence-electron chi connectivity index (χ3n) is 3.04. The standard InChI is InChI=1S/C12H15F2N/c1-2-8-5-10(6-11(13)12(8)14)9-3-4-15-7-9/h5-6,9,15H,2-4,7H2,1H3. The van der Waals surface area contributed by atoms with Crippen LogP contribution in [-0.2, 0) is 6.42 Å². The van der Waals surface area contributed by atoms with E-state index < -0.39 is 11.6 Å². The van der Waals surface area contributed by atoms with Crippen LogP contribution in [0.2, 0.25) is 0 Å². The van der Waals surface area contributed by atoms with Gasteiger partial charge in [0.25, 0.3) is 0 Å². The number of rotatable bonds is 2. The van der Waals surface area contributed by atoms with Crippen LogP contribution in [0.15, 0.2) is 12.1 Å². The van der Waals surface area contributed by atoms with E-state index in [-0.39, 0.29) is 0 Å². The first-order valence-electron chi connectivity index (χ1n) is 5.41. The van der Waals surface area contributed by atoms with Gasteiger partial charge in [-0.3, -0.25) is 0 Å². The van der Waals surface area contributed by atoms with Crippen LogP contribution in [-0.4, -0.2) is 13.1 Å². The van der Waals surface area contributed by atoms with E-state index in [9.17, 15) is 8.78 Å². The van der Waals surface area contributed by atoms with E-state index in [4.69, 9.17) is 0 Å². The van der Waals surface area contributed by atoms with Gasteiger partial charge in [0.2, 0.25) is 0 Å². The van der Waals surface area contributed by atoms with Crippen molar-refractivity contribution < 1.29 is 8.78 Å². The van der Waals surface area contributed by atoms with Crippen LogP contribution < -0.4 is 5.32 Å². The Morgan fingerprint density at radius 3 is 2.80 bits per heavy atom. The normalized spacial score (nSPS) is 20.9. The molecule has 1 atom stereocenters. The van der Waals surface area contributed by atoms with Gasteiger partial charge in [-0.05, 0) is 42.5 Å². The summed E-state index contributed by atoms with van der Waals surface area (Å²) >= 11 is 0. The summed E-state index contributed by atoms with van der Waals surface area (Å²) in [5, 5.41) is 3.23. The Bertz CT molecular complexity index is 357. The Hall–Kier alpha value is -0.960. The quantitative estimate of drug-likeness (QED) is 0.792. The van der Waals surface area contributed by atoms with Crippen LogP contribution >= 0.6 is 0 Å². The number of aryl methyl sites for hydroxylation is 1. The van der Waals surface area contributed by atoms with Gasteiger partial charge in [-0.15, -0.1) is 0 Å². The van der Waals surface area contributed by atoms with Gasteiger partial charge in [-0.25, -0.2) is 8.78 Å². The third-order valence-corrected chi connectivity index (χ3v) is 3.04. The molecule has 3 heteroatoms. The number of nitrogens with one attached hydrogen (secondary N) is 1. The molecule has 0 radical (unpaired) electrons. The van der Waals surface area contributed by atoms with E-state index in [1.54, 1.807) is 6.07 Å². The highest BCUT2D eigenvalue weighted by atomic mass is 19.2. The molecule has 1 fully saturated rings. The third kappa shape index (κ3) is 2.02. The molecule has 0 aromatic heterocycles. The van der Waals surface area contributed by atoms with Crippen molar-refractivity contribution in [1.29, 1.82) is 0 Å². The van der Waals surface area contributed by atoms with Crippen molar-refractivity contribution in [2.24, 2.45) is 0 Å². The number of hydrogen-bond donors (Lipinski definition) is 1. The minimum atomic E-state index is -0.712. The first kappa shape index (κ1) is 10.6. The summed E-state index contributed by atoms with van der Waals surface area (Å²) in [6, 6.07) is 3.14. The molecule has 1 saturated heterocycles. The van der Waals surface area contributed by atoms with Crippen molar-refractivity contribution >= 4 is 0 Å². The van der Waals surface area contributed by atoms with Crippen molar-refractivity contribution in [3.63, 3.8) is 0 Å². The molecule has 1 aromatic rings. The van der Waals surface area contributed by atoms with Crippen LogP contribution in [0.3, 0.4) is 0 Å². The first-order valence-corrected chi connectivity index (χ1v) is 5.41. The molecule has 0 bridgehead atoms. The SMILES string of the molecule is CCc1cc(C2CCNC2)cc(F)c1F. The Morgan fingerprint density at radius 2 is 2.20 bits per heavy atom. The van der Waals surface area contributed by atoms with Crippen LogP contribution in [0, 0.1) is 11.6 Å². The molecule has 1 N–H and O–H groups in total. The van der Waals surface area contributed by atoms with E-state index >= 15 is 0 Å². The fourth-order valence-electron chi connectivity index (χ4n) is 2.10. The van der Waals surface area contributed by atoms with Gasteiger partial charge < -0.3 is 5.32 Å². The van der Waals surface area contributed by atoms with Crippen LogP contribution in [0.5, 0.6) is 0 Å². The summed E-state index contributed by atoms with van der Waals surface area (Å²) < 4.78 is 26.6. The van der Waals surface area contributed by atoms with Gasteiger partial charge in [0, 0.05) is 6.54 Å². The van der Waals surface area contributed by atoms with Gasteiger partial charge in [0.1, 0.15) is 0 Å². The maximum Gasteiger partial charge on any atom is 0.162 e. The molecule has 0 spiro atoms. The van der Waals surface area contributed by atoms with Crippen molar-refractivity contribution in [1.82, 2.24) is 5.32 Å². The van der Waals surface area contributed by atoms with E-state index in [1.807, 2.05) is 6.92 Å². The molecule has 0 amide bonds. The van der Waals surface area contributed by atoms with Crippen LogP contribution in [0.25, 0.3) is 0 Å². The molecule has 1 nitrogen and oxygen atoms in total. The maximum atomic E-state index is 13.3. The van der Waals surface area contributed by atoms with E-state index in [1.165, 1.54) is 6.07 Å². The molecule has 2 rings (SSSR count). The lowest BCUT2D eigenvalue weighted by molar-refractivity contribution is 0.496. The average Bonchev–Trinajstić information content (AvgIpc) is 2.75.